The van der Waals surface area contributed by atoms with E-state index in [4.69, 9.17) is 21.7 Å². The Labute approximate surface area is 226 Å². The summed E-state index contributed by atoms with van der Waals surface area (Å²) in [4.78, 5) is 2.29. The number of nitrogens with zero attached hydrogens (tertiary/aromatic N) is 3. The van der Waals surface area contributed by atoms with E-state index in [1.165, 1.54) is 10.5 Å². The average molecular weight is 556 g/mol. The van der Waals surface area contributed by atoms with Crippen molar-refractivity contribution in [2.24, 2.45) is 5.10 Å². The van der Waals surface area contributed by atoms with Crippen LogP contribution in [0.2, 0.25) is 0 Å². The smallest absolute Gasteiger partial charge is 0.243 e. The fourth-order valence-electron chi connectivity index (χ4n) is 4.52. The number of anilines is 2. The molecule has 12 heteroatoms. The maximum absolute atomic E-state index is 13.3. The lowest BCUT2D eigenvalue weighted by Crippen LogP contribution is -2.40. The largest absolute Gasteiger partial charge is 0.507 e. The number of rotatable bonds is 6. The summed E-state index contributed by atoms with van der Waals surface area (Å²) in [5, 5.41) is 19.7. The molecule has 38 heavy (non-hydrogen) atoms. The number of morpholine rings is 2. The molecule has 2 aliphatic heterocycles. The molecule has 0 spiro atoms. The van der Waals surface area contributed by atoms with Gasteiger partial charge in [0.2, 0.25) is 10.0 Å². The van der Waals surface area contributed by atoms with Crippen LogP contribution < -0.4 is 15.6 Å². The molecule has 2 saturated heterocycles. The van der Waals surface area contributed by atoms with Crippen molar-refractivity contribution in [1.82, 2.24) is 9.73 Å². The molecule has 0 bridgehead atoms. The highest BCUT2D eigenvalue weighted by Crippen LogP contribution is 2.31. The fraction of sp³-hybridized carbons (Fsp3) is 0.308. The van der Waals surface area contributed by atoms with E-state index in [1.807, 2.05) is 30.3 Å². The van der Waals surface area contributed by atoms with E-state index < -0.39 is 10.0 Å². The predicted octanol–water partition coefficient (Wildman–Crippen LogP) is 2.72. The number of thiocarbonyl (C=S) groups is 1. The van der Waals surface area contributed by atoms with Crippen molar-refractivity contribution in [2.75, 3.05) is 62.8 Å². The van der Waals surface area contributed by atoms with Crippen LogP contribution >= 0.6 is 12.2 Å². The Balaban J connectivity index is 1.38. The Morgan fingerprint density at radius 2 is 1.68 bits per heavy atom. The van der Waals surface area contributed by atoms with Crippen LogP contribution in [0.15, 0.2) is 64.6 Å². The summed E-state index contributed by atoms with van der Waals surface area (Å²) in [5.74, 6) is 0.101. The first kappa shape index (κ1) is 26.3. The zero-order chi connectivity index (χ0) is 26.5. The standard InChI is InChI=1S/C26H29N5O5S2/c32-25-8-5-19-3-1-2-4-21(19)22(25)18-27-29-26(37)28-23-17-20(38(33,34)31-11-15-36-16-12-31)6-7-24(23)30-9-13-35-14-10-30/h1-8,17-18,32H,9-16H2,(H2,28,29,37)/b27-18+. The quantitative estimate of drug-likeness (QED) is 0.240. The molecule has 3 aromatic rings. The van der Waals surface area contributed by atoms with Crippen molar-refractivity contribution in [3.8, 4) is 5.75 Å². The van der Waals surface area contributed by atoms with E-state index in [1.54, 1.807) is 24.3 Å². The summed E-state index contributed by atoms with van der Waals surface area (Å²) < 4.78 is 38.8. The lowest BCUT2D eigenvalue weighted by molar-refractivity contribution is 0.0730. The Morgan fingerprint density at radius 3 is 2.45 bits per heavy atom. The third-order valence-corrected chi connectivity index (χ3v) is 8.57. The van der Waals surface area contributed by atoms with Gasteiger partial charge in [0, 0.05) is 31.7 Å². The van der Waals surface area contributed by atoms with Gasteiger partial charge in [0.15, 0.2) is 5.11 Å². The van der Waals surface area contributed by atoms with Gasteiger partial charge in [0.05, 0.1) is 48.9 Å². The zero-order valence-electron chi connectivity index (χ0n) is 20.7. The van der Waals surface area contributed by atoms with Crippen LogP contribution in [0.1, 0.15) is 5.56 Å². The zero-order valence-corrected chi connectivity index (χ0v) is 22.3. The van der Waals surface area contributed by atoms with E-state index in [0.717, 1.165) is 16.5 Å². The molecular formula is C26H29N5O5S2. The van der Waals surface area contributed by atoms with Crippen molar-refractivity contribution in [3.63, 3.8) is 0 Å². The average Bonchev–Trinajstić information content (AvgIpc) is 2.95. The molecule has 10 nitrogen and oxygen atoms in total. The van der Waals surface area contributed by atoms with Crippen molar-refractivity contribution < 1.29 is 23.0 Å². The molecule has 2 fully saturated rings. The van der Waals surface area contributed by atoms with E-state index in [0.29, 0.717) is 63.9 Å². The second kappa shape index (κ2) is 11.6. The van der Waals surface area contributed by atoms with Gasteiger partial charge >= 0.3 is 0 Å². The van der Waals surface area contributed by atoms with Crippen LogP contribution in [0.25, 0.3) is 10.8 Å². The lowest BCUT2D eigenvalue weighted by Gasteiger charge is -2.31. The molecule has 2 heterocycles. The van der Waals surface area contributed by atoms with Gasteiger partial charge in [0.25, 0.3) is 0 Å². The molecule has 0 aromatic heterocycles. The molecule has 0 unspecified atom stereocenters. The van der Waals surface area contributed by atoms with E-state index in [2.05, 4.69) is 20.7 Å². The lowest BCUT2D eigenvalue weighted by atomic mass is 10.0. The molecule has 200 valence electrons. The monoisotopic (exact) mass is 555 g/mol. The van der Waals surface area contributed by atoms with Gasteiger partial charge in [-0.25, -0.2) is 8.42 Å². The molecule has 0 aliphatic carbocycles. The number of phenolic OH excluding ortho intramolecular Hbond substituents is 1. The Morgan fingerprint density at radius 1 is 0.974 bits per heavy atom. The van der Waals surface area contributed by atoms with E-state index >= 15 is 0 Å². The summed E-state index contributed by atoms with van der Waals surface area (Å²) in [6.07, 6.45) is 1.51. The number of aromatic hydroxyl groups is 1. The predicted molar refractivity (Wildman–Crippen MR) is 152 cm³/mol. The summed E-state index contributed by atoms with van der Waals surface area (Å²) in [7, 11) is -3.70. The highest BCUT2D eigenvalue weighted by Gasteiger charge is 2.28. The highest BCUT2D eigenvalue weighted by atomic mass is 32.2. The first-order valence-corrected chi connectivity index (χ1v) is 14.1. The maximum Gasteiger partial charge on any atom is 0.243 e. The number of hydrazone groups is 1. The van der Waals surface area contributed by atoms with Gasteiger partial charge in [-0.05, 0) is 47.3 Å². The van der Waals surface area contributed by atoms with Crippen LogP contribution in [-0.4, -0.2) is 81.8 Å². The van der Waals surface area contributed by atoms with Gasteiger partial charge in [-0.2, -0.15) is 9.41 Å². The number of fused-ring (bicyclic) bond motifs is 1. The van der Waals surface area contributed by atoms with Crippen LogP contribution in [0.3, 0.4) is 0 Å². The molecule has 5 rings (SSSR count). The highest BCUT2D eigenvalue weighted by molar-refractivity contribution is 7.89. The summed E-state index contributed by atoms with van der Waals surface area (Å²) in [6, 6.07) is 16.2. The molecule has 0 atom stereocenters. The Hall–Kier alpha value is -3.29. The van der Waals surface area contributed by atoms with Gasteiger partial charge < -0.3 is 24.8 Å². The topological polar surface area (TPSA) is 116 Å². The third-order valence-electron chi connectivity index (χ3n) is 6.48. The van der Waals surface area contributed by atoms with Crippen LogP contribution in [0.5, 0.6) is 5.75 Å². The molecule has 3 aromatic carbocycles. The number of nitrogens with one attached hydrogen (secondary N) is 2. The molecular weight excluding hydrogens is 526 g/mol. The SMILES string of the molecule is O=S(=O)(c1ccc(N2CCOCC2)c(NC(=S)N/N=C/c2c(O)ccc3ccccc23)c1)N1CCOCC1. The van der Waals surface area contributed by atoms with Gasteiger partial charge in [-0.3, -0.25) is 5.43 Å². The second-order valence-corrected chi connectivity index (χ2v) is 11.2. The van der Waals surface area contributed by atoms with Crippen molar-refractivity contribution in [2.45, 2.75) is 4.90 Å². The summed E-state index contributed by atoms with van der Waals surface area (Å²) >= 11 is 5.48. The van der Waals surface area contributed by atoms with Gasteiger partial charge in [0.1, 0.15) is 5.75 Å². The minimum Gasteiger partial charge on any atom is -0.507 e. The molecule has 2 aliphatic rings. The Bertz CT molecular complexity index is 1450. The number of hydrogen-bond acceptors (Lipinski definition) is 8. The van der Waals surface area contributed by atoms with Crippen LogP contribution in [0, 0.1) is 0 Å². The minimum absolute atomic E-state index is 0.101. The Kier molecular flexibility index (Phi) is 8.05. The summed E-state index contributed by atoms with van der Waals surface area (Å²) in [5.41, 5.74) is 4.70. The molecule has 0 amide bonds. The first-order chi connectivity index (χ1) is 18.4. The van der Waals surface area contributed by atoms with Crippen molar-refractivity contribution >= 4 is 55.7 Å². The van der Waals surface area contributed by atoms with Gasteiger partial charge in [-0.1, -0.05) is 30.3 Å². The van der Waals surface area contributed by atoms with E-state index in [9.17, 15) is 13.5 Å². The van der Waals surface area contributed by atoms with Crippen molar-refractivity contribution in [1.29, 1.82) is 0 Å². The van der Waals surface area contributed by atoms with Crippen LogP contribution in [0.4, 0.5) is 11.4 Å². The minimum atomic E-state index is -3.70. The van der Waals surface area contributed by atoms with E-state index in [-0.39, 0.29) is 15.8 Å². The van der Waals surface area contributed by atoms with Crippen LogP contribution in [-0.2, 0) is 19.5 Å². The molecule has 0 saturated carbocycles. The third kappa shape index (κ3) is 5.74. The first-order valence-electron chi connectivity index (χ1n) is 12.3. The number of sulfonamides is 1. The summed E-state index contributed by atoms with van der Waals surface area (Å²) in [6.45, 7) is 3.86. The molecule has 3 N–H and O–H groups in total. The molecule has 0 radical (unpaired) electrons. The second-order valence-electron chi connectivity index (χ2n) is 8.84. The number of hydrogen-bond donors (Lipinski definition) is 3. The maximum atomic E-state index is 13.3. The number of benzene rings is 3. The fourth-order valence-corrected chi connectivity index (χ4v) is 6.11. The van der Waals surface area contributed by atoms with Gasteiger partial charge in [-0.15, -0.1) is 0 Å². The number of ether oxygens (including phenoxy) is 2. The van der Waals surface area contributed by atoms with Crippen molar-refractivity contribution in [3.05, 3.63) is 60.2 Å². The number of phenols is 1. The normalized spacial score (nSPS) is 17.1.